The minimum atomic E-state index is -0.0483. The van der Waals surface area contributed by atoms with Gasteiger partial charge in [0, 0.05) is 25.7 Å². The highest BCUT2D eigenvalue weighted by atomic mass is 16.5. The molecule has 0 aromatic heterocycles. The fraction of sp³-hybridized carbons (Fsp3) is 0.552. The minimum absolute atomic E-state index is 0.0483. The Morgan fingerprint density at radius 1 is 1.12 bits per heavy atom. The summed E-state index contributed by atoms with van der Waals surface area (Å²) >= 11 is 0. The summed E-state index contributed by atoms with van der Waals surface area (Å²) in [5.74, 6) is 1.34. The minimum Gasteiger partial charge on any atom is -0.491 e. The zero-order valence-corrected chi connectivity index (χ0v) is 20.6. The van der Waals surface area contributed by atoms with Gasteiger partial charge in [-0.2, -0.15) is 0 Å². The van der Waals surface area contributed by atoms with Crippen LogP contribution in [0.25, 0.3) is 0 Å². The van der Waals surface area contributed by atoms with Crippen molar-refractivity contribution >= 4 is 5.91 Å². The Morgan fingerprint density at radius 2 is 1.97 bits per heavy atom. The molecule has 0 radical (unpaired) electrons. The van der Waals surface area contributed by atoms with Crippen molar-refractivity contribution in [3.05, 3.63) is 64.7 Å². The first-order chi connectivity index (χ1) is 16.6. The van der Waals surface area contributed by atoms with Crippen LogP contribution >= 0.6 is 0 Å². The normalized spacial score (nSPS) is 24.7. The molecule has 1 aliphatic carbocycles. The van der Waals surface area contributed by atoms with E-state index >= 15 is 0 Å². The molecule has 1 N–H and O–H groups in total. The fourth-order valence-corrected chi connectivity index (χ4v) is 5.47. The van der Waals surface area contributed by atoms with Gasteiger partial charge in [-0.25, -0.2) is 0 Å². The Hall–Kier alpha value is -2.37. The first kappa shape index (κ1) is 23.4. The quantitative estimate of drug-likeness (QED) is 0.615. The van der Waals surface area contributed by atoms with Crippen LogP contribution in [-0.4, -0.2) is 49.3 Å². The van der Waals surface area contributed by atoms with Crippen molar-refractivity contribution in [3.63, 3.8) is 0 Å². The summed E-state index contributed by atoms with van der Waals surface area (Å²) < 4.78 is 11.8. The number of nitrogens with one attached hydrogen (secondary N) is 1. The molecule has 5 heteroatoms. The summed E-state index contributed by atoms with van der Waals surface area (Å²) in [4.78, 5) is 16.2. The molecule has 3 atom stereocenters. The van der Waals surface area contributed by atoms with E-state index in [1.54, 1.807) is 0 Å². The molecule has 2 aromatic rings. The Morgan fingerprint density at radius 3 is 2.76 bits per heavy atom. The van der Waals surface area contributed by atoms with Crippen molar-refractivity contribution < 1.29 is 14.3 Å². The number of amides is 1. The summed E-state index contributed by atoms with van der Waals surface area (Å²) in [6.07, 6.45) is 5.60. The second-order valence-corrected chi connectivity index (χ2v) is 10.3. The van der Waals surface area contributed by atoms with Gasteiger partial charge in [-0.3, -0.25) is 4.79 Å². The highest BCUT2D eigenvalue weighted by molar-refractivity contribution is 5.81. The van der Waals surface area contributed by atoms with Crippen LogP contribution < -0.4 is 10.1 Å². The molecule has 2 aromatic carbocycles. The standard InChI is InChI=1S/C29H38N2O3/c1-20-6-3-8-23(21(20)2)18-31(24-11-12-24)29(32)28-17-30-14-13-27(28)22-7-4-9-25(16-22)34-19-26-10-5-15-33-26/h3-4,6-9,16,24,26-28,30H,5,10-15,17-19H2,1-2H3/t26?,27-,28+/m1/s1. The van der Waals surface area contributed by atoms with E-state index in [2.05, 4.69) is 60.5 Å². The number of ether oxygens (including phenoxy) is 2. The third kappa shape index (κ3) is 5.31. The number of rotatable bonds is 8. The molecule has 1 unspecified atom stereocenters. The third-order valence-corrected chi connectivity index (χ3v) is 7.87. The van der Waals surface area contributed by atoms with E-state index in [1.807, 2.05) is 6.07 Å². The maximum absolute atomic E-state index is 14.0. The van der Waals surface area contributed by atoms with Crippen molar-refractivity contribution in [2.24, 2.45) is 5.92 Å². The number of hydrogen-bond acceptors (Lipinski definition) is 4. The zero-order valence-electron chi connectivity index (χ0n) is 20.6. The maximum atomic E-state index is 14.0. The third-order valence-electron chi connectivity index (χ3n) is 7.87. The molecule has 0 bridgehead atoms. The smallest absolute Gasteiger partial charge is 0.228 e. The van der Waals surface area contributed by atoms with Crippen LogP contribution in [-0.2, 0) is 16.1 Å². The van der Waals surface area contributed by atoms with E-state index < -0.39 is 0 Å². The average molecular weight is 463 g/mol. The van der Waals surface area contributed by atoms with Crippen LogP contribution in [0.2, 0.25) is 0 Å². The van der Waals surface area contributed by atoms with E-state index in [-0.39, 0.29) is 17.9 Å². The lowest BCUT2D eigenvalue weighted by atomic mass is 9.80. The first-order valence-corrected chi connectivity index (χ1v) is 13.0. The van der Waals surface area contributed by atoms with Gasteiger partial charge < -0.3 is 19.7 Å². The number of piperidine rings is 1. The van der Waals surface area contributed by atoms with Crippen molar-refractivity contribution in [2.75, 3.05) is 26.3 Å². The van der Waals surface area contributed by atoms with Gasteiger partial charge in [-0.1, -0.05) is 30.3 Å². The molecule has 34 heavy (non-hydrogen) atoms. The first-order valence-electron chi connectivity index (χ1n) is 13.0. The summed E-state index contributed by atoms with van der Waals surface area (Å²) in [5.41, 5.74) is 5.07. The van der Waals surface area contributed by atoms with Crippen LogP contribution in [0.5, 0.6) is 5.75 Å². The molecule has 5 nitrogen and oxygen atoms in total. The van der Waals surface area contributed by atoms with Crippen LogP contribution in [0.15, 0.2) is 42.5 Å². The van der Waals surface area contributed by atoms with Crippen LogP contribution in [0.3, 0.4) is 0 Å². The lowest BCUT2D eigenvalue weighted by Gasteiger charge is -2.36. The fourth-order valence-electron chi connectivity index (χ4n) is 5.47. The molecule has 1 amide bonds. The molecule has 2 saturated heterocycles. The van der Waals surface area contributed by atoms with Crippen molar-refractivity contribution in [1.82, 2.24) is 10.2 Å². The lowest BCUT2D eigenvalue weighted by Crippen LogP contribution is -2.47. The van der Waals surface area contributed by atoms with Gasteiger partial charge in [0.15, 0.2) is 0 Å². The molecular formula is C29H38N2O3. The molecule has 182 valence electrons. The Balaban J connectivity index is 1.32. The highest BCUT2D eigenvalue weighted by Gasteiger charge is 2.40. The summed E-state index contributed by atoms with van der Waals surface area (Å²) in [7, 11) is 0. The van der Waals surface area contributed by atoms with Crippen molar-refractivity contribution in [1.29, 1.82) is 0 Å². The SMILES string of the molecule is Cc1cccc(CN(C(=O)[C@H]2CNCC[C@@H]2c2cccc(OCC3CCCO3)c2)C2CC2)c1C. The Labute approximate surface area is 203 Å². The second-order valence-electron chi connectivity index (χ2n) is 10.3. The van der Waals surface area contributed by atoms with E-state index in [0.717, 1.165) is 57.6 Å². The number of carbonyl (C=O) groups excluding carboxylic acids is 1. The van der Waals surface area contributed by atoms with Crippen LogP contribution in [0.4, 0.5) is 0 Å². The highest BCUT2D eigenvalue weighted by Crippen LogP contribution is 2.37. The Bertz CT molecular complexity index is 997. The van der Waals surface area contributed by atoms with Crippen LogP contribution in [0, 0.1) is 19.8 Å². The second kappa shape index (κ2) is 10.5. The van der Waals surface area contributed by atoms with Gasteiger partial charge in [0.05, 0.1) is 12.0 Å². The topological polar surface area (TPSA) is 50.8 Å². The average Bonchev–Trinajstić information content (AvgIpc) is 3.57. The molecule has 2 aliphatic heterocycles. The number of benzene rings is 2. The molecule has 3 fully saturated rings. The van der Waals surface area contributed by atoms with Gasteiger partial charge in [0.1, 0.15) is 12.4 Å². The maximum Gasteiger partial charge on any atom is 0.228 e. The molecule has 1 saturated carbocycles. The van der Waals surface area contributed by atoms with Gasteiger partial charge in [-0.05, 0) is 92.8 Å². The van der Waals surface area contributed by atoms with E-state index in [9.17, 15) is 4.79 Å². The molecule has 3 aliphatic rings. The molecule has 0 spiro atoms. The predicted molar refractivity (Wildman–Crippen MR) is 134 cm³/mol. The molecule has 5 rings (SSSR count). The largest absolute Gasteiger partial charge is 0.491 e. The van der Waals surface area contributed by atoms with Crippen molar-refractivity contribution in [2.45, 2.75) is 70.6 Å². The molecule has 2 heterocycles. The van der Waals surface area contributed by atoms with Gasteiger partial charge >= 0.3 is 0 Å². The summed E-state index contributed by atoms with van der Waals surface area (Å²) in [6, 6.07) is 15.2. The molecular weight excluding hydrogens is 424 g/mol. The van der Waals surface area contributed by atoms with Gasteiger partial charge in [0.2, 0.25) is 5.91 Å². The number of aryl methyl sites for hydroxylation is 1. The Kier molecular flexibility index (Phi) is 7.21. The number of hydrogen-bond donors (Lipinski definition) is 1. The van der Waals surface area contributed by atoms with Crippen molar-refractivity contribution in [3.8, 4) is 5.75 Å². The number of nitrogens with zero attached hydrogens (tertiary/aromatic N) is 1. The van der Waals surface area contributed by atoms with Gasteiger partial charge in [-0.15, -0.1) is 0 Å². The predicted octanol–water partition coefficient (Wildman–Crippen LogP) is 4.75. The lowest BCUT2D eigenvalue weighted by molar-refractivity contribution is -0.138. The van der Waals surface area contributed by atoms with Gasteiger partial charge in [0.25, 0.3) is 0 Å². The van der Waals surface area contributed by atoms with E-state index in [0.29, 0.717) is 25.1 Å². The number of carbonyl (C=O) groups is 1. The summed E-state index contributed by atoms with van der Waals surface area (Å²) in [6.45, 7) is 8.15. The monoisotopic (exact) mass is 462 g/mol. The van der Waals surface area contributed by atoms with E-state index in [4.69, 9.17) is 9.47 Å². The zero-order chi connectivity index (χ0) is 23.5. The van der Waals surface area contributed by atoms with E-state index in [1.165, 1.54) is 22.3 Å². The summed E-state index contributed by atoms with van der Waals surface area (Å²) in [5, 5.41) is 3.50. The van der Waals surface area contributed by atoms with Crippen LogP contribution in [0.1, 0.15) is 60.3 Å².